The van der Waals surface area contributed by atoms with Crippen LogP contribution in [0.5, 0.6) is 0 Å². The molecule has 0 saturated carbocycles. The van der Waals surface area contributed by atoms with Gasteiger partial charge in [0.1, 0.15) is 5.82 Å². The number of nitrogens with one attached hydrogen (secondary N) is 1. The van der Waals surface area contributed by atoms with Gasteiger partial charge in [0.2, 0.25) is 0 Å². The highest BCUT2D eigenvalue weighted by molar-refractivity contribution is 8.00. The second-order valence-electron chi connectivity index (χ2n) is 4.46. The van der Waals surface area contributed by atoms with Gasteiger partial charge in [-0.25, -0.2) is 4.39 Å². The van der Waals surface area contributed by atoms with Gasteiger partial charge in [0, 0.05) is 29.9 Å². The summed E-state index contributed by atoms with van der Waals surface area (Å²) in [7, 11) is 0. The highest BCUT2D eigenvalue weighted by Crippen LogP contribution is 2.32. The van der Waals surface area contributed by atoms with Gasteiger partial charge >= 0.3 is 0 Å². The zero-order valence-corrected chi connectivity index (χ0v) is 11.6. The molecular weight excluding hydrogens is 249 g/mol. The summed E-state index contributed by atoms with van der Waals surface area (Å²) in [4.78, 5) is 1.20. The lowest BCUT2D eigenvalue weighted by Gasteiger charge is -2.22. The summed E-state index contributed by atoms with van der Waals surface area (Å²) >= 11 is 1.86. The van der Waals surface area contributed by atoms with Gasteiger partial charge in [-0.05, 0) is 43.1 Å². The predicted octanol–water partition coefficient (Wildman–Crippen LogP) is 3.21. The van der Waals surface area contributed by atoms with Gasteiger partial charge in [0.15, 0.2) is 0 Å². The second kappa shape index (κ2) is 7.12. The van der Waals surface area contributed by atoms with E-state index >= 15 is 0 Å². The van der Waals surface area contributed by atoms with Crippen LogP contribution in [0.4, 0.5) is 4.39 Å². The molecule has 1 saturated heterocycles. The summed E-state index contributed by atoms with van der Waals surface area (Å²) in [6, 6.07) is 5.10. The molecule has 18 heavy (non-hydrogen) atoms. The Hall–Kier alpha value is -0.580. The summed E-state index contributed by atoms with van der Waals surface area (Å²) in [6.07, 6.45) is 2.17. The molecule has 0 radical (unpaired) electrons. The van der Waals surface area contributed by atoms with Crippen molar-refractivity contribution in [2.24, 2.45) is 0 Å². The molecule has 0 aromatic heterocycles. The third-order valence-electron chi connectivity index (χ3n) is 3.05. The van der Waals surface area contributed by atoms with Crippen LogP contribution in [0.25, 0.3) is 0 Å². The molecule has 0 bridgehead atoms. The van der Waals surface area contributed by atoms with Gasteiger partial charge < -0.3 is 10.1 Å². The van der Waals surface area contributed by atoms with E-state index in [4.69, 9.17) is 4.74 Å². The summed E-state index contributed by atoms with van der Waals surface area (Å²) < 4.78 is 18.7. The van der Waals surface area contributed by atoms with Gasteiger partial charge in [0.05, 0.1) is 0 Å². The maximum atomic E-state index is 13.3. The van der Waals surface area contributed by atoms with Crippen molar-refractivity contribution < 1.29 is 9.13 Å². The molecule has 0 amide bonds. The highest BCUT2D eigenvalue weighted by Gasteiger charge is 2.16. The molecule has 4 heteroatoms. The van der Waals surface area contributed by atoms with Gasteiger partial charge in [-0.3, -0.25) is 0 Å². The summed E-state index contributed by atoms with van der Waals surface area (Å²) in [5.41, 5.74) is 1.06. The van der Waals surface area contributed by atoms with Crippen molar-refractivity contribution in [3.05, 3.63) is 29.6 Å². The van der Waals surface area contributed by atoms with E-state index in [2.05, 4.69) is 12.2 Å². The third kappa shape index (κ3) is 3.97. The Balaban J connectivity index is 2.04. The lowest BCUT2D eigenvalue weighted by molar-refractivity contribution is 0.1000. The van der Waals surface area contributed by atoms with Crippen LogP contribution in [0.3, 0.4) is 0 Å². The average molecular weight is 269 g/mol. The van der Waals surface area contributed by atoms with Crippen molar-refractivity contribution in [3.63, 3.8) is 0 Å². The zero-order chi connectivity index (χ0) is 12.8. The van der Waals surface area contributed by atoms with Crippen LogP contribution in [-0.4, -0.2) is 25.0 Å². The Kier molecular flexibility index (Phi) is 5.47. The Labute approximate surface area is 112 Å². The van der Waals surface area contributed by atoms with Crippen LogP contribution in [0, 0.1) is 5.82 Å². The summed E-state index contributed by atoms with van der Waals surface area (Å²) in [5, 5.41) is 3.87. The monoisotopic (exact) mass is 269 g/mol. The van der Waals surface area contributed by atoms with E-state index in [-0.39, 0.29) is 5.82 Å². The van der Waals surface area contributed by atoms with Crippen LogP contribution in [0.2, 0.25) is 0 Å². The average Bonchev–Trinajstić information content (AvgIpc) is 2.40. The molecule has 2 nitrogen and oxygen atoms in total. The van der Waals surface area contributed by atoms with E-state index in [1.54, 1.807) is 12.1 Å². The molecule has 100 valence electrons. The SMILES string of the molecule is CCNCc1cc(F)ccc1SC1CCOCC1. The molecule has 1 N–H and O–H groups in total. The van der Waals surface area contributed by atoms with Crippen LogP contribution >= 0.6 is 11.8 Å². The number of hydrogen-bond donors (Lipinski definition) is 1. The van der Waals surface area contributed by atoms with Crippen LogP contribution in [0.15, 0.2) is 23.1 Å². The number of rotatable bonds is 5. The quantitative estimate of drug-likeness (QED) is 0.887. The van der Waals surface area contributed by atoms with E-state index in [1.807, 2.05) is 17.8 Å². The zero-order valence-electron chi connectivity index (χ0n) is 10.7. The van der Waals surface area contributed by atoms with Gasteiger partial charge in [-0.2, -0.15) is 0 Å². The lowest BCUT2D eigenvalue weighted by Crippen LogP contribution is -2.18. The molecule has 0 aliphatic carbocycles. The van der Waals surface area contributed by atoms with Crippen molar-refractivity contribution in [1.29, 1.82) is 0 Å². The van der Waals surface area contributed by atoms with Crippen molar-refractivity contribution in [1.82, 2.24) is 5.32 Å². The van der Waals surface area contributed by atoms with Crippen LogP contribution < -0.4 is 5.32 Å². The van der Waals surface area contributed by atoms with Gasteiger partial charge in [-0.15, -0.1) is 11.8 Å². The standard InChI is InChI=1S/C14H20FNOS/c1-2-16-10-11-9-12(15)3-4-14(11)18-13-5-7-17-8-6-13/h3-4,9,13,16H,2,5-8,10H2,1H3. The normalized spacial score (nSPS) is 17.0. The van der Waals surface area contributed by atoms with E-state index in [0.29, 0.717) is 5.25 Å². The maximum Gasteiger partial charge on any atom is 0.123 e. The second-order valence-corrected chi connectivity index (χ2v) is 5.80. The number of halogens is 1. The van der Waals surface area contributed by atoms with E-state index in [9.17, 15) is 4.39 Å². The van der Waals surface area contributed by atoms with Crippen molar-refractivity contribution >= 4 is 11.8 Å². The van der Waals surface area contributed by atoms with E-state index in [0.717, 1.165) is 44.7 Å². The fourth-order valence-electron chi connectivity index (χ4n) is 2.03. The topological polar surface area (TPSA) is 21.3 Å². The Morgan fingerprint density at radius 1 is 1.39 bits per heavy atom. The molecule has 2 rings (SSSR count). The molecule has 1 aliphatic rings. The fraction of sp³-hybridized carbons (Fsp3) is 0.571. The Morgan fingerprint density at radius 2 is 2.17 bits per heavy atom. The molecule has 1 aliphatic heterocycles. The van der Waals surface area contributed by atoms with E-state index in [1.165, 1.54) is 4.90 Å². The third-order valence-corrected chi connectivity index (χ3v) is 4.51. The number of thioether (sulfide) groups is 1. The molecule has 0 spiro atoms. The fourth-order valence-corrected chi connectivity index (χ4v) is 3.25. The van der Waals surface area contributed by atoms with Crippen molar-refractivity contribution in [3.8, 4) is 0 Å². The number of benzene rings is 1. The predicted molar refractivity (Wildman–Crippen MR) is 73.5 cm³/mol. The molecule has 1 fully saturated rings. The molecule has 1 aromatic carbocycles. The summed E-state index contributed by atoms with van der Waals surface area (Å²) in [6.45, 7) is 5.39. The minimum absolute atomic E-state index is 0.153. The molecular formula is C14H20FNOS. The first-order valence-electron chi connectivity index (χ1n) is 6.53. The molecule has 1 heterocycles. The number of ether oxygens (including phenoxy) is 1. The van der Waals surface area contributed by atoms with E-state index < -0.39 is 0 Å². The van der Waals surface area contributed by atoms with Crippen molar-refractivity contribution in [2.75, 3.05) is 19.8 Å². The van der Waals surface area contributed by atoms with Gasteiger partial charge in [-0.1, -0.05) is 6.92 Å². The lowest BCUT2D eigenvalue weighted by atomic mass is 10.2. The summed E-state index contributed by atoms with van der Waals surface area (Å²) in [5.74, 6) is -0.153. The van der Waals surface area contributed by atoms with Crippen LogP contribution in [-0.2, 0) is 11.3 Å². The Morgan fingerprint density at radius 3 is 2.89 bits per heavy atom. The smallest absolute Gasteiger partial charge is 0.123 e. The largest absolute Gasteiger partial charge is 0.381 e. The highest BCUT2D eigenvalue weighted by atomic mass is 32.2. The minimum atomic E-state index is -0.153. The molecule has 0 atom stereocenters. The first-order chi connectivity index (χ1) is 8.79. The molecule has 0 unspecified atom stereocenters. The van der Waals surface area contributed by atoms with Crippen molar-refractivity contribution in [2.45, 2.75) is 36.5 Å². The maximum absolute atomic E-state index is 13.3. The number of hydrogen-bond acceptors (Lipinski definition) is 3. The first kappa shape index (κ1) is 13.8. The van der Waals surface area contributed by atoms with Crippen LogP contribution in [0.1, 0.15) is 25.3 Å². The Bertz CT molecular complexity index is 380. The first-order valence-corrected chi connectivity index (χ1v) is 7.41. The molecule has 1 aromatic rings. The van der Waals surface area contributed by atoms with Gasteiger partial charge in [0.25, 0.3) is 0 Å². The minimum Gasteiger partial charge on any atom is -0.381 e.